The smallest absolute Gasteiger partial charge is 0.316 e. The second-order valence-electron chi connectivity index (χ2n) is 6.70. The number of sulfonamides is 1. The largest absolute Gasteiger partial charge is 0.323 e. The molecule has 30 heavy (non-hydrogen) atoms. The van der Waals surface area contributed by atoms with E-state index in [0.29, 0.717) is 35.2 Å². The van der Waals surface area contributed by atoms with Crippen molar-refractivity contribution in [3.8, 4) is 0 Å². The van der Waals surface area contributed by atoms with Crippen LogP contribution < -0.4 is 16.2 Å². The molecule has 158 valence electrons. The highest BCUT2D eigenvalue weighted by Gasteiger charge is 2.21. The van der Waals surface area contributed by atoms with Gasteiger partial charge in [-0.3, -0.25) is 4.79 Å². The van der Waals surface area contributed by atoms with Crippen LogP contribution in [0.3, 0.4) is 0 Å². The quantitative estimate of drug-likeness (QED) is 0.630. The molecule has 0 bridgehead atoms. The number of nitrogens with one attached hydrogen (secondary N) is 2. The van der Waals surface area contributed by atoms with Gasteiger partial charge in [0.1, 0.15) is 0 Å². The summed E-state index contributed by atoms with van der Waals surface area (Å²) in [5.41, 5.74) is 0.785. The number of rotatable bonds is 6. The van der Waals surface area contributed by atoms with Crippen LogP contribution in [0.4, 0.5) is 16.2 Å². The van der Waals surface area contributed by atoms with E-state index in [4.69, 9.17) is 0 Å². The first kappa shape index (κ1) is 21.5. The summed E-state index contributed by atoms with van der Waals surface area (Å²) < 4.78 is 27.9. The molecule has 0 saturated carbocycles. The fourth-order valence-corrected chi connectivity index (χ4v) is 4.68. The molecule has 0 radical (unpaired) electrons. The lowest BCUT2D eigenvalue weighted by molar-refractivity contribution is 0.262. The average Bonchev–Trinajstić information content (AvgIpc) is 2.73. The van der Waals surface area contributed by atoms with Crippen molar-refractivity contribution in [2.24, 2.45) is 7.05 Å². The third-order valence-corrected chi connectivity index (χ3v) is 6.86. The molecule has 1 heterocycles. The number of carbonyl (C=O) groups excluding carboxylic acids is 1. The van der Waals surface area contributed by atoms with E-state index < -0.39 is 16.1 Å². The van der Waals surface area contributed by atoms with Crippen molar-refractivity contribution >= 4 is 38.2 Å². The predicted molar refractivity (Wildman–Crippen MR) is 118 cm³/mol. The van der Waals surface area contributed by atoms with Crippen LogP contribution in [0, 0.1) is 0 Å². The van der Waals surface area contributed by atoms with Gasteiger partial charge in [0.05, 0.1) is 10.6 Å². The zero-order valence-corrected chi connectivity index (χ0v) is 17.9. The lowest BCUT2D eigenvalue weighted by atomic mass is 10.1. The number of amides is 2. The van der Waals surface area contributed by atoms with E-state index in [9.17, 15) is 18.0 Å². The second kappa shape index (κ2) is 8.68. The van der Waals surface area contributed by atoms with E-state index in [1.165, 1.54) is 33.1 Å². The highest BCUT2D eigenvalue weighted by molar-refractivity contribution is 7.89. The number of aryl methyl sites for hydroxylation is 1. The van der Waals surface area contributed by atoms with Crippen LogP contribution in [0.1, 0.15) is 13.8 Å². The van der Waals surface area contributed by atoms with Gasteiger partial charge >= 0.3 is 6.03 Å². The average molecular weight is 429 g/mol. The van der Waals surface area contributed by atoms with Crippen LogP contribution in [-0.4, -0.2) is 36.4 Å². The van der Waals surface area contributed by atoms with Crippen LogP contribution in [0.15, 0.2) is 64.4 Å². The number of benzene rings is 2. The summed E-state index contributed by atoms with van der Waals surface area (Å²) in [5, 5.41) is 6.56. The minimum atomic E-state index is -3.56. The number of carbonyl (C=O) groups is 1. The summed E-state index contributed by atoms with van der Waals surface area (Å²) in [5.74, 6) is 0. The fourth-order valence-electron chi connectivity index (χ4n) is 3.22. The Morgan fingerprint density at radius 1 is 0.967 bits per heavy atom. The van der Waals surface area contributed by atoms with Crippen molar-refractivity contribution in [3.05, 3.63) is 65.1 Å². The zero-order valence-electron chi connectivity index (χ0n) is 17.0. The van der Waals surface area contributed by atoms with E-state index in [0.717, 1.165) is 0 Å². The Bertz CT molecular complexity index is 1230. The summed E-state index contributed by atoms with van der Waals surface area (Å²) in [7, 11) is -1.94. The Kier molecular flexibility index (Phi) is 6.23. The maximum absolute atomic E-state index is 12.6. The maximum Gasteiger partial charge on any atom is 0.323 e. The molecular formula is C21H24N4O4S. The van der Waals surface area contributed by atoms with Crippen molar-refractivity contribution in [2.45, 2.75) is 18.7 Å². The van der Waals surface area contributed by atoms with Gasteiger partial charge in [0, 0.05) is 42.8 Å². The Hall–Kier alpha value is -3.17. The van der Waals surface area contributed by atoms with Gasteiger partial charge < -0.3 is 15.2 Å². The number of nitrogens with zero attached hydrogens (tertiary/aromatic N) is 2. The van der Waals surface area contributed by atoms with Crippen LogP contribution in [0.25, 0.3) is 10.8 Å². The standard InChI is InChI=1S/C21H24N4O4S/c1-4-25(5-2)30(28,29)16-12-10-15(11-13-16)22-21(27)23-19-14-24(3)20(26)18-9-7-6-8-17(18)19/h6-14H,4-5H2,1-3H3,(H2,22,23,27). The monoisotopic (exact) mass is 428 g/mol. The fraction of sp³-hybridized carbons (Fsp3) is 0.238. The second-order valence-corrected chi connectivity index (χ2v) is 8.64. The Balaban J connectivity index is 1.79. The molecule has 0 aliphatic carbocycles. The topological polar surface area (TPSA) is 101 Å². The van der Waals surface area contributed by atoms with Gasteiger partial charge in [-0.05, 0) is 30.3 Å². The summed E-state index contributed by atoms with van der Waals surface area (Å²) in [4.78, 5) is 24.9. The molecule has 0 unspecified atom stereocenters. The Morgan fingerprint density at radius 3 is 2.17 bits per heavy atom. The molecule has 9 heteroatoms. The molecular weight excluding hydrogens is 404 g/mol. The molecule has 2 N–H and O–H groups in total. The minimum Gasteiger partial charge on any atom is -0.316 e. The van der Waals surface area contributed by atoms with Crippen molar-refractivity contribution < 1.29 is 13.2 Å². The van der Waals surface area contributed by atoms with E-state index in [1.54, 1.807) is 51.4 Å². The third-order valence-electron chi connectivity index (χ3n) is 4.79. The number of hydrogen-bond acceptors (Lipinski definition) is 4. The van der Waals surface area contributed by atoms with Gasteiger partial charge in [-0.15, -0.1) is 0 Å². The van der Waals surface area contributed by atoms with Gasteiger partial charge in [0.2, 0.25) is 10.0 Å². The molecule has 2 aromatic carbocycles. The lowest BCUT2D eigenvalue weighted by Gasteiger charge is -2.18. The molecule has 0 atom stereocenters. The molecule has 2 amide bonds. The summed E-state index contributed by atoms with van der Waals surface area (Å²) in [6.45, 7) is 4.33. The first-order chi connectivity index (χ1) is 14.3. The minimum absolute atomic E-state index is 0.151. The normalized spacial score (nSPS) is 11.6. The maximum atomic E-state index is 12.6. The third kappa shape index (κ3) is 4.22. The van der Waals surface area contributed by atoms with Crippen molar-refractivity contribution in [1.29, 1.82) is 0 Å². The Morgan fingerprint density at radius 2 is 1.57 bits per heavy atom. The Labute approximate surface area is 175 Å². The van der Waals surface area contributed by atoms with Crippen molar-refractivity contribution in [1.82, 2.24) is 8.87 Å². The number of urea groups is 1. The van der Waals surface area contributed by atoms with E-state index in [-0.39, 0.29) is 10.5 Å². The van der Waals surface area contributed by atoms with Crippen molar-refractivity contribution in [2.75, 3.05) is 23.7 Å². The molecule has 0 aliphatic rings. The van der Waals surface area contributed by atoms with Gasteiger partial charge in [0.15, 0.2) is 0 Å². The van der Waals surface area contributed by atoms with Crippen LogP contribution in [0.2, 0.25) is 0 Å². The molecule has 0 saturated heterocycles. The van der Waals surface area contributed by atoms with Gasteiger partial charge in [-0.25, -0.2) is 13.2 Å². The van der Waals surface area contributed by atoms with Crippen LogP contribution >= 0.6 is 0 Å². The lowest BCUT2D eigenvalue weighted by Crippen LogP contribution is -2.30. The zero-order chi connectivity index (χ0) is 21.9. The van der Waals surface area contributed by atoms with Crippen LogP contribution in [-0.2, 0) is 17.1 Å². The highest BCUT2D eigenvalue weighted by atomic mass is 32.2. The molecule has 0 aliphatic heterocycles. The SMILES string of the molecule is CCN(CC)S(=O)(=O)c1ccc(NC(=O)Nc2cn(C)c(=O)c3ccccc23)cc1. The predicted octanol–water partition coefficient (Wildman–Crippen LogP) is 3.21. The number of hydrogen-bond donors (Lipinski definition) is 2. The first-order valence-corrected chi connectivity index (χ1v) is 11.0. The summed E-state index contributed by atoms with van der Waals surface area (Å²) in [6.07, 6.45) is 1.56. The van der Waals surface area contributed by atoms with Gasteiger partial charge in [-0.2, -0.15) is 4.31 Å². The summed E-state index contributed by atoms with van der Waals surface area (Å²) >= 11 is 0. The molecule has 8 nitrogen and oxygen atoms in total. The number of fused-ring (bicyclic) bond motifs is 1. The van der Waals surface area contributed by atoms with Crippen molar-refractivity contribution in [3.63, 3.8) is 0 Å². The van der Waals surface area contributed by atoms with E-state index in [2.05, 4.69) is 10.6 Å². The first-order valence-electron chi connectivity index (χ1n) is 9.54. The molecule has 0 fully saturated rings. The summed E-state index contributed by atoms with van der Waals surface area (Å²) in [6, 6.07) is 12.5. The number of anilines is 2. The molecule has 1 aromatic heterocycles. The van der Waals surface area contributed by atoms with Gasteiger partial charge in [0.25, 0.3) is 5.56 Å². The molecule has 3 rings (SSSR count). The highest BCUT2D eigenvalue weighted by Crippen LogP contribution is 2.21. The van der Waals surface area contributed by atoms with E-state index in [1.807, 2.05) is 0 Å². The molecule has 0 spiro atoms. The molecule has 3 aromatic rings. The number of pyridine rings is 1. The number of aromatic nitrogens is 1. The van der Waals surface area contributed by atoms with Crippen LogP contribution in [0.5, 0.6) is 0 Å². The van der Waals surface area contributed by atoms with E-state index >= 15 is 0 Å². The van der Waals surface area contributed by atoms with Gasteiger partial charge in [-0.1, -0.05) is 32.0 Å².